The Bertz CT molecular complexity index is 966. The Hall–Kier alpha value is -2.38. The van der Waals surface area contributed by atoms with Crippen molar-refractivity contribution in [3.63, 3.8) is 0 Å². The molecule has 0 fully saturated rings. The van der Waals surface area contributed by atoms with Crippen LogP contribution in [0.4, 0.5) is 5.69 Å². The van der Waals surface area contributed by atoms with E-state index in [0.29, 0.717) is 33.7 Å². The van der Waals surface area contributed by atoms with Crippen LogP contribution < -0.4 is 5.32 Å². The molecule has 0 unspecified atom stereocenters. The zero-order valence-corrected chi connectivity index (χ0v) is 17.0. The molecule has 0 bridgehead atoms. The fourth-order valence-corrected chi connectivity index (χ4v) is 3.04. The molecule has 0 aliphatic carbocycles. The number of nitrogens with one attached hydrogen (secondary N) is 1. The number of para-hydroxylation sites is 1. The minimum absolute atomic E-state index is 0.0337. The van der Waals surface area contributed by atoms with Crippen molar-refractivity contribution in [1.29, 1.82) is 0 Å². The van der Waals surface area contributed by atoms with E-state index >= 15 is 0 Å². The van der Waals surface area contributed by atoms with Crippen molar-refractivity contribution >= 4 is 34.8 Å². The van der Waals surface area contributed by atoms with Gasteiger partial charge in [0.25, 0.3) is 5.91 Å². The number of aromatic nitrogens is 5. The summed E-state index contributed by atoms with van der Waals surface area (Å²) >= 11 is 12.5. The van der Waals surface area contributed by atoms with Gasteiger partial charge in [-0.15, -0.1) is 5.10 Å². The molecular formula is C18H20Cl2N6O. The summed E-state index contributed by atoms with van der Waals surface area (Å²) in [4.78, 5) is 16.9. The largest absolute Gasteiger partial charge is 0.316 e. The Kier molecular flexibility index (Phi) is 5.26. The number of nitrogens with zero attached hydrogens (tertiary/aromatic N) is 5. The lowest BCUT2D eigenvalue weighted by Gasteiger charge is -2.18. The minimum atomic E-state index is -0.430. The van der Waals surface area contributed by atoms with E-state index in [1.54, 1.807) is 35.3 Å². The molecule has 3 rings (SSSR count). The smallest absolute Gasteiger partial charge is 0.295 e. The van der Waals surface area contributed by atoms with E-state index < -0.39 is 5.91 Å². The van der Waals surface area contributed by atoms with Gasteiger partial charge in [-0.25, -0.2) is 9.67 Å². The summed E-state index contributed by atoms with van der Waals surface area (Å²) in [5, 5.41) is 12.2. The number of hydrogen-bond acceptors (Lipinski definition) is 4. The van der Waals surface area contributed by atoms with Crippen LogP contribution in [0.2, 0.25) is 10.0 Å². The first-order valence-corrected chi connectivity index (χ1v) is 9.23. The zero-order valence-electron chi connectivity index (χ0n) is 15.5. The van der Waals surface area contributed by atoms with Crippen LogP contribution in [0.5, 0.6) is 0 Å². The first kappa shape index (κ1) is 19.4. The van der Waals surface area contributed by atoms with Crippen molar-refractivity contribution in [3.8, 4) is 5.69 Å². The molecule has 7 nitrogen and oxygen atoms in total. The molecule has 27 heavy (non-hydrogen) atoms. The van der Waals surface area contributed by atoms with E-state index in [-0.39, 0.29) is 11.4 Å². The van der Waals surface area contributed by atoms with Gasteiger partial charge < -0.3 is 5.32 Å². The first-order valence-electron chi connectivity index (χ1n) is 8.47. The predicted molar refractivity (Wildman–Crippen MR) is 106 cm³/mol. The minimum Gasteiger partial charge on any atom is -0.316 e. The number of rotatable bonds is 4. The number of carbonyl (C=O) groups is 1. The molecule has 1 N–H and O–H groups in total. The van der Waals surface area contributed by atoms with Crippen molar-refractivity contribution < 1.29 is 4.79 Å². The van der Waals surface area contributed by atoms with Crippen molar-refractivity contribution in [2.24, 2.45) is 0 Å². The van der Waals surface area contributed by atoms with Crippen molar-refractivity contribution in [1.82, 2.24) is 24.5 Å². The number of carbonyl (C=O) groups excluding carboxylic acids is 1. The molecule has 0 spiro atoms. The summed E-state index contributed by atoms with van der Waals surface area (Å²) in [6.07, 6.45) is 3.91. The van der Waals surface area contributed by atoms with Crippen molar-refractivity contribution in [2.45, 2.75) is 39.7 Å². The predicted octanol–water partition coefficient (Wildman–Crippen LogP) is 4.34. The van der Waals surface area contributed by atoms with Gasteiger partial charge in [0.1, 0.15) is 11.5 Å². The maximum absolute atomic E-state index is 12.6. The molecule has 0 aliphatic heterocycles. The van der Waals surface area contributed by atoms with Crippen LogP contribution in [-0.2, 0) is 12.0 Å². The second-order valence-corrected chi connectivity index (χ2v) is 7.80. The normalized spacial score (nSPS) is 11.6. The number of benzene rings is 1. The van der Waals surface area contributed by atoms with Gasteiger partial charge >= 0.3 is 0 Å². The molecule has 2 aromatic heterocycles. The van der Waals surface area contributed by atoms with Crippen LogP contribution in [0.25, 0.3) is 5.69 Å². The Morgan fingerprint density at radius 2 is 1.89 bits per heavy atom. The highest BCUT2D eigenvalue weighted by molar-refractivity contribution is 6.37. The van der Waals surface area contributed by atoms with Crippen LogP contribution in [0.15, 0.2) is 30.6 Å². The standard InChI is InChI=1S/C18H20Cl2N6O/c1-5-14-23-16(24-26(14)15-12(19)7-6-8-13(15)20)17(27)22-11-9-21-25(10-11)18(2,3)4/h6-10H,5H2,1-4H3,(H,22,27). The lowest BCUT2D eigenvalue weighted by atomic mass is 10.1. The van der Waals surface area contributed by atoms with Gasteiger partial charge in [-0.2, -0.15) is 5.10 Å². The molecule has 0 atom stereocenters. The summed E-state index contributed by atoms with van der Waals surface area (Å²) < 4.78 is 3.29. The van der Waals surface area contributed by atoms with Crippen molar-refractivity contribution in [3.05, 3.63) is 52.3 Å². The summed E-state index contributed by atoms with van der Waals surface area (Å²) in [5.41, 5.74) is 0.892. The third-order valence-electron chi connectivity index (χ3n) is 3.87. The van der Waals surface area contributed by atoms with Crippen LogP contribution in [0.1, 0.15) is 44.1 Å². The number of hydrogen-bond donors (Lipinski definition) is 1. The molecule has 1 amide bonds. The van der Waals surface area contributed by atoms with E-state index in [0.717, 1.165) is 0 Å². The number of anilines is 1. The number of amides is 1. The highest BCUT2D eigenvalue weighted by Gasteiger charge is 2.21. The molecule has 3 aromatic rings. The summed E-state index contributed by atoms with van der Waals surface area (Å²) in [6, 6.07) is 5.17. The van der Waals surface area contributed by atoms with Crippen molar-refractivity contribution in [2.75, 3.05) is 5.32 Å². The van der Waals surface area contributed by atoms with Crippen LogP contribution in [-0.4, -0.2) is 30.5 Å². The topological polar surface area (TPSA) is 77.6 Å². The average molecular weight is 407 g/mol. The molecular weight excluding hydrogens is 387 g/mol. The SMILES string of the molecule is CCc1nc(C(=O)Nc2cnn(C(C)(C)C)c2)nn1-c1c(Cl)cccc1Cl. The Morgan fingerprint density at radius 3 is 2.44 bits per heavy atom. The summed E-state index contributed by atoms with van der Waals surface area (Å²) in [7, 11) is 0. The van der Waals surface area contributed by atoms with E-state index in [1.165, 1.54) is 4.68 Å². The van der Waals surface area contributed by atoms with E-state index in [1.807, 2.05) is 27.7 Å². The Morgan fingerprint density at radius 1 is 1.22 bits per heavy atom. The molecule has 2 heterocycles. The third kappa shape index (κ3) is 3.99. The second kappa shape index (κ2) is 7.32. The van der Waals surface area contributed by atoms with Gasteiger partial charge in [0.15, 0.2) is 0 Å². The maximum Gasteiger partial charge on any atom is 0.295 e. The zero-order chi connectivity index (χ0) is 19.8. The maximum atomic E-state index is 12.6. The lowest BCUT2D eigenvalue weighted by molar-refractivity contribution is 0.101. The van der Waals surface area contributed by atoms with E-state index in [9.17, 15) is 4.79 Å². The van der Waals surface area contributed by atoms with Gasteiger partial charge in [0, 0.05) is 12.6 Å². The van der Waals surface area contributed by atoms with Gasteiger partial charge in [-0.3, -0.25) is 9.48 Å². The fraction of sp³-hybridized carbons (Fsp3) is 0.333. The molecule has 9 heteroatoms. The molecule has 1 aromatic carbocycles. The third-order valence-corrected chi connectivity index (χ3v) is 4.48. The average Bonchev–Trinajstić information content (AvgIpc) is 3.21. The quantitative estimate of drug-likeness (QED) is 0.698. The highest BCUT2D eigenvalue weighted by Crippen LogP contribution is 2.29. The lowest BCUT2D eigenvalue weighted by Crippen LogP contribution is -2.22. The molecule has 0 radical (unpaired) electrons. The molecule has 0 aliphatic rings. The monoisotopic (exact) mass is 406 g/mol. The summed E-state index contributed by atoms with van der Waals surface area (Å²) in [6.45, 7) is 7.99. The summed E-state index contributed by atoms with van der Waals surface area (Å²) in [5.74, 6) is 0.187. The Balaban J connectivity index is 1.91. The van der Waals surface area contributed by atoms with Crippen LogP contribution >= 0.6 is 23.2 Å². The number of aryl methyl sites for hydroxylation is 1. The van der Waals surface area contributed by atoms with Gasteiger partial charge in [0.05, 0.1) is 27.5 Å². The fourth-order valence-electron chi connectivity index (χ4n) is 2.48. The molecule has 142 valence electrons. The highest BCUT2D eigenvalue weighted by atomic mass is 35.5. The first-order chi connectivity index (χ1) is 12.7. The Labute approximate surface area is 167 Å². The van der Waals surface area contributed by atoms with Crippen LogP contribution in [0, 0.1) is 0 Å². The number of halogens is 2. The van der Waals surface area contributed by atoms with Gasteiger partial charge in [-0.1, -0.05) is 36.2 Å². The van der Waals surface area contributed by atoms with Gasteiger partial charge in [-0.05, 0) is 32.9 Å². The van der Waals surface area contributed by atoms with E-state index in [2.05, 4.69) is 20.5 Å². The van der Waals surface area contributed by atoms with E-state index in [4.69, 9.17) is 23.2 Å². The molecule has 0 saturated heterocycles. The van der Waals surface area contributed by atoms with Crippen LogP contribution in [0.3, 0.4) is 0 Å². The molecule has 0 saturated carbocycles. The van der Waals surface area contributed by atoms with Gasteiger partial charge in [0.2, 0.25) is 5.82 Å². The second-order valence-electron chi connectivity index (χ2n) is 6.99.